The summed E-state index contributed by atoms with van der Waals surface area (Å²) in [6.45, 7) is 3.32. The number of anilines is 1. The van der Waals surface area contributed by atoms with Crippen molar-refractivity contribution in [2.24, 2.45) is 0 Å². The highest BCUT2D eigenvalue weighted by Gasteiger charge is 2.16. The highest BCUT2D eigenvalue weighted by Crippen LogP contribution is 2.26. The third-order valence-corrected chi connectivity index (χ3v) is 3.22. The van der Waals surface area contributed by atoms with Crippen LogP contribution in [0.4, 0.5) is 14.5 Å². The van der Waals surface area contributed by atoms with E-state index in [9.17, 15) is 18.4 Å². The van der Waals surface area contributed by atoms with Crippen LogP contribution in [-0.4, -0.2) is 23.7 Å². The summed E-state index contributed by atoms with van der Waals surface area (Å²) < 4.78 is 29.3. The average Bonchev–Trinajstić information content (AvgIpc) is 2.46. The van der Waals surface area contributed by atoms with Crippen molar-refractivity contribution in [1.29, 1.82) is 0 Å². The molecule has 1 atom stereocenters. The second-order valence-electron chi connectivity index (χ2n) is 4.28. The molecular formula is C15H17F2NO3S. The fourth-order valence-corrected chi connectivity index (χ4v) is 1.94. The highest BCUT2D eigenvalue weighted by molar-refractivity contribution is 7.99. The first-order valence-corrected chi connectivity index (χ1v) is 7.53. The minimum Gasteiger partial charge on any atom is -0.449 e. The molecule has 0 aliphatic rings. The van der Waals surface area contributed by atoms with E-state index in [0.29, 0.717) is 28.8 Å². The van der Waals surface area contributed by atoms with Crippen LogP contribution in [0.2, 0.25) is 0 Å². The lowest BCUT2D eigenvalue weighted by molar-refractivity contribution is -0.148. The molecule has 0 aliphatic heterocycles. The Morgan fingerprint density at radius 3 is 2.50 bits per heavy atom. The van der Waals surface area contributed by atoms with Crippen LogP contribution in [0, 0.1) is 0 Å². The molecule has 0 aromatic heterocycles. The van der Waals surface area contributed by atoms with Crippen molar-refractivity contribution in [1.82, 2.24) is 0 Å². The predicted octanol–water partition coefficient (Wildman–Crippen LogP) is 3.84. The van der Waals surface area contributed by atoms with Gasteiger partial charge in [-0.05, 0) is 37.6 Å². The van der Waals surface area contributed by atoms with Crippen molar-refractivity contribution in [2.75, 3.05) is 5.32 Å². The van der Waals surface area contributed by atoms with Crippen LogP contribution >= 0.6 is 11.8 Å². The molecule has 1 aromatic carbocycles. The average molecular weight is 329 g/mol. The van der Waals surface area contributed by atoms with Crippen LogP contribution in [0.25, 0.3) is 0 Å². The van der Waals surface area contributed by atoms with Gasteiger partial charge in [0.1, 0.15) is 0 Å². The van der Waals surface area contributed by atoms with Gasteiger partial charge in [-0.25, -0.2) is 4.79 Å². The van der Waals surface area contributed by atoms with Gasteiger partial charge in [-0.2, -0.15) is 8.78 Å². The molecule has 4 nitrogen and oxygen atoms in total. The Labute approximate surface area is 131 Å². The van der Waals surface area contributed by atoms with Crippen molar-refractivity contribution < 1.29 is 23.1 Å². The Bertz CT molecular complexity index is 532. The van der Waals surface area contributed by atoms with Crippen molar-refractivity contribution in [3.05, 3.63) is 36.4 Å². The quantitative estimate of drug-likeness (QED) is 0.469. The molecule has 0 radical (unpaired) electrons. The first-order valence-electron chi connectivity index (χ1n) is 6.65. The Kier molecular flexibility index (Phi) is 7.59. The van der Waals surface area contributed by atoms with E-state index in [2.05, 4.69) is 5.32 Å². The second-order valence-corrected chi connectivity index (χ2v) is 5.35. The Morgan fingerprint density at radius 1 is 1.32 bits per heavy atom. The Morgan fingerprint density at radius 2 is 1.95 bits per heavy atom. The zero-order chi connectivity index (χ0) is 16.5. The van der Waals surface area contributed by atoms with E-state index in [4.69, 9.17) is 4.74 Å². The normalized spacial score (nSPS) is 12.4. The van der Waals surface area contributed by atoms with Gasteiger partial charge in [0.15, 0.2) is 6.10 Å². The number of nitrogens with one attached hydrogen (secondary N) is 1. The maximum atomic E-state index is 12.2. The largest absolute Gasteiger partial charge is 0.449 e. The molecule has 0 saturated heterocycles. The number of hydrogen-bond donors (Lipinski definition) is 1. The summed E-state index contributed by atoms with van der Waals surface area (Å²) in [5.41, 5.74) is 0.440. The molecule has 120 valence electrons. The van der Waals surface area contributed by atoms with Gasteiger partial charge < -0.3 is 10.1 Å². The van der Waals surface area contributed by atoms with Crippen LogP contribution in [-0.2, 0) is 14.3 Å². The van der Waals surface area contributed by atoms with E-state index in [1.807, 2.05) is 6.92 Å². The first-order chi connectivity index (χ1) is 10.4. The maximum absolute atomic E-state index is 12.2. The van der Waals surface area contributed by atoms with E-state index in [0.717, 1.165) is 0 Å². The van der Waals surface area contributed by atoms with E-state index in [1.165, 1.54) is 37.3 Å². The molecule has 1 N–H and O–H groups in total. The van der Waals surface area contributed by atoms with Crippen molar-refractivity contribution in [3.63, 3.8) is 0 Å². The molecule has 22 heavy (non-hydrogen) atoms. The van der Waals surface area contributed by atoms with Crippen LogP contribution in [0.1, 0.15) is 20.3 Å². The number of carbonyl (C=O) groups is 2. The SMILES string of the molecule is CC/C=C/C(=O)O[C@@H](C)C(=O)Nc1ccc(SC(F)F)cc1. The van der Waals surface area contributed by atoms with Crippen molar-refractivity contribution >= 4 is 29.3 Å². The van der Waals surface area contributed by atoms with E-state index >= 15 is 0 Å². The second kappa shape index (κ2) is 9.19. The van der Waals surface area contributed by atoms with Crippen LogP contribution in [0.15, 0.2) is 41.3 Å². The van der Waals surface area contributed by atoms with E-state index in [-0.39, 0.29) is 0 Å². The number of alkyl halides is 2. The molecule has 0 aliphatic carbocycles. The fourth-order valence-electron chi connectivity index (χ4n) is 1.44. The molecule has 0 spiro atoms. The summed E-state index contributed by atoms with van der Waals surface area (Å²) in [5, 5.41) is 2.55. The molecule has 1 aromatic rings. The molecule has 0 bridgehead atoms. The predicted molar refractivity (Wildman–Crippen MR) is 81.9 cm³/mol. The number of rotatable bonds is 7. The molecule has 0 saturated carbocycles. The zero-order valence-corrected chi connectivity index (χ0v) is 13.0. The molecule has 7 heteroatoms. The molecule has 0 fully saturated rings. The number of esters is 1. The van der Waals surface area contributed by atoms with Gasteiger partial charge in [0.25, 0.3) is 11.7 Å². The Hall–Kier alpha value is -1.89. The lowest BCUT2D eigenvalue weighted by atomic mass is 10.3. The van der Waals surface area contributed by atoms with Crippen LogP contribution in [0.3, 0.4) is 0 Å². The third-order valence-electron chi connectivity index (χ3n) is 2.50. The summed E-state index contributed by atoms with van der Waals surface area (Å²) in [4.78, 5) is 23.6. The smallest absolute Gasteiger partial charge is 0.331 e. The number of halogens is 2. The number of allylic oxidation sites excluding steroid dienone is 1. The van der Waals surface area contributed by atoms with Gasteiger partial charge in [0.05, 0.1) is 0 Å². The molecule has 1 rings (SSSR count). The molecular weight excluding hydrogens is 312 g/mol. The Balaban J connectivity index is 2.53. The lowest BCUT2D eigenvalue weighted by Gasteiger charge is -2.12. The monoisotopic (exact) mass is 329 g/mol. The molecule has 0 unspecified atom stereocenters. The number of thioether (sulfide) groups is 1. The summed E-state index contributed by atoms with van der Waals surface area (Å²) in [5.74, 6) is -3.57. The topological polar surface area (TPSA) is 55.4 Å². The highest BCUT2D eigenvalue weighted by atomic mass is 32.2. The van der Waals surface area contributed by atoms with Gasteiger partial charge in [0, 0.05) is 16.7 Å². The minimum atomic E-state index is -2.49. The fraction of sp³-hybridized carbons (Fsp3) is 0.333. The van der Waals surface area contributed by atoms with E-state index < -0.39 is 23.7 Å². The van der Waals surface area contributed by atoms with Crippen molar-refractivity contribution in [2.45, 2.75) is 37.0 Å². The number of carbonyl (C=O) groups excluding carboxylic acids is 2. The maximum Gasteiger partial charge on any atom is 0.331 e. The molecule has 0 heterocycles. The zero-order valence-electron chi connectivity index (χ0n) is 12.2. The van der Waals surface area contributed by atoms with Gasteiger partial charge in [-0.15, -0.1) is 0 Å². The standard InChI is InChI=1S/C15H17F2NO3S/c1-3-4-5-13(19)21-10(2)14(20)18-11-6-8-12(9-7-11)22-15(16)17/h4-10,15H,3H2,1-2H3,(H,18,20)/b5-4+/t10-/m0/s1. The van der Waals surface area contributed by atoms with Gasteiger partial charge in [-0.1, -0.05) is 24.8 Å². The number of ether oxygens (including phenoxy) is 1. The summed E-state index contributed by atoms with van der Waals surface area (Å²) in [7, 11) is 0. The molecule has 1 amide bonds. The van der Waals surface area contributed by atoms with E-state index in [1.54, 1.807) is 6.08 Å². The van der Waals surface area contributed by atoms with Crippen LogP contribution in [0.5, 0.6) is 0 Å². The lowest BCUT2D eigenvalue weighted by Crippen LogP contribution is -2.29. The summed E-state index contributed by atoms with van der Waals surface area (Å²) in [6.07, 6.45) is 2.63. The third kappa shape index (κ3) is 6.71. The van der Waals surface area contributed by atoms with Crippen molar-refractivity contribution in [3.8, 4) is 0 Å². The van der Waals surface area contributed by atoms with Gasteiger partial charge >= 0.3 is 5.97 Å². The number of hydrogen-bond acceptors (Lipinski definition) is 4. The van der Waals surface area contributed by atoms with Crippen LogP contribution < -0.4 is 5.32 Å². The summed E-state index contributed by atoms with van der Waals surface area (Å²) >= 11 is 0.425. The van der Waals surface area contributed by atoms with Gasteiger partial charge in [-0.3, -0.25) is 4.79 Å². The summed E-state index contributed by atoms with van der Waals surface area (Å²) in [6, 6.07) is 5.97. The minimum absolute atomic E-state index is 0.400. The number of benzene rings is 1. The first kappa shape index (κ1) is 18.2. The number of amides is 1. The van der Waals surface area contributed by atoms with Gasteiger partial charge in [0.2, 0.25) is 0 Å².